The molecular weight excluding hydrogens is 1250 g/mol. The van der Waals surface area contributed by atoms with E-state index in [9.17, 15) is 95.8 Å². The Kier molecular flexibility index (Phi) is 25.0. The second kappa shape index (κ2) is 32.2. The molecule has 24 unspecified atom stereocenters. The number of benzene rings is 3. The third kappa shape index (κ3) is 16.7. The van der Waals surface area contributed by atoms with Crippen molar-refractivity contribution >= 4 is 36.0 Å². The summed E-state index contributed by atoms with van der Waals surface area (Å²) < 4.78 is 88.1. The van der Waals surface area contributed by atoms with Crippen LogP contribution >= 0.6 is 0 Å². The number of phenols is 2. The number of ether oxygens (including phenoxy) is 15. The van der Waals surface area contributed by atoms with Crippen LogP contribution in [0.3, 0.4) is 0 Å². The van der Waals surface area contributed by atoms with Gasteiger partial charge in [0.15, 0.2) is 60.4 Å². The number of methoxy groups -OCH3 is 2. The highest BCUT2D eigenvalue weighted by atomic mass is 16.8. The molecule has 0 aliphatic carbocycles. The largest absolute Gasteiger partial charge is 0.504 e. The van der Waals surface area contributed by atoms with Crippen molar-refractivity contribution in [3.8, 4) is 23.0 Å². The number of phenolic OH excluding ortho intramolecular Hbond substituents is 2. The average molecular weight is 1330 g/mol. The molecule has 34 heteroatoms. The second-order valence-corrected chi connectivity index (χ2v) is 21.7. The Bertz CT molecular complexity index is 3020. The van der Waals surface area contributed by atoms with Crippen molar-refractivity contribution in [2.45, 2.75) is 154 Å². The highest BCUT2D eigenvalue weighted by Crippen LogP contribution is 2.43. The molecule has 34 nitrogen and oxygen atoms in total. The predicted molar refractivity (Wildman–Crippen MR) is 301 cm³/mol. The van der Waals surface area contributed by atoms with E-state index in [1.165, 1.54) is 87.0 Å². The quantitative estimate of drug-likeness (QED) is 0.0214. The van der Waals surface area contributed by atoms with Crippen LogP contribution in [0.4, 0.5) is 0 Å². The molecule has 0 aromatic heterocycles. The molecule has 5 aliphatic heterocycles. The third-order valence-corrected chi connectivity index (χ3v) is 15.5. The van der Waals surface area contributed by atoms with Gasteiger partial charge in [-0.15, -0.1) is 0 Å². The molecular formula is C59H74O34. The number of esters is 4. The monoisotopic (exact) mass is 1330 g/mol. The number of aliphatic hydroxyl groups excluding tert-OH is 13. The number of carbonyl (C=O) groups is 4. The Hall–Kier alpha value is -6.66. The summed E-state index contributed by atoms with van der Waals surface area (Å²) in [5.74, 6) is -8.27. The minimum absolute atomic E-state index is 0.00886. The maximum Gasteiger partial charge on any atom is 0.338 e. The molecule has 514 valence electrons. The van der Waals surface area contributed by atoms with Gasteiger partial charge in [0.1, 0.15) is 117 Å². The summed E-state index contributed by atoms with van der Waals surface area (Å²) in [5, 5.41) is 165. The van der Waals surface area contributed by atoms with E-state index in [0.717, 1.165) is 19.1 Å². The van der Waals surface area contributed by atoms with Crippen LogP contribution in [-0.2, 0) is 76.0 Å². The number of aromatic hydroxyl groups is 2. The van der Waals surface area contributed by atoms with Crippen molar-refractivity contribution in [1.29, 1.82) is 0 Å². The lowest BCUT2D eigenvalue weighted by Gasteiger charge is -2.51. The number of rotatable bonds is 25. The average Bonchev–Trinajstić information content (AvgIpc) is 1.72. The Morgan fingerprint density at radius 3 is 1.52 bits per heavy atom. The SMILES string of the molecule is COc1cc(C=CC(=O)OCC2(OC3OC(CO)C(OC(=O)C=Cc4ccc(O)c(OC)c4)C(OC4OC(COC(C)=O)C(O)C(OC5OC(CO)C(O)C(O)C5O)C4O)C3OC3OC(CO)C(O)C(O)C3O)OC(CO)C(O)C2OC(=O)c2ccccc2)ccc1O. The van der Waals surface area contributed by atoms with Gasteiger partial charge < -0.3 is 148 Å². The van der Waals surface area contributed by atoms with Gasteiger partial charge in [0.2, 0.25) is 5.79 Å². The van der Waals surface area contributed by atoms with E-state index in [4.69, 9.17) is 71.1 Å². The Balaban J connectivity index is 1.28. The molecule has 0 radical (unpaired) electrons. The summed E-state index contributed by atoms with van der Waals surface area (Å²) in [6.45, 7) is -5.65. The Morgan fingerprint density at radius 2 is 0.989 bits per heavy atom. The van der Waals surface area contributed by atoms with Gasteiger partial charge in [-0.3, -0.25) is 4.79 Å². The van der Waals surface area contributed by atoms with E-state index >= 15 is 0 Å². The van der Waals surface area contributed by atoms with Gasteiger partial charge in [-0.1, -0.05) is 30.3 Å². The summed E-state index contributed by atoms with van der Waals surface area (Å²) in [7, 11) is 2.52. The maximum atomic E-state index is 14.3. The van der Waals surface area contributed by atoms with E-state index < -0.39 is 210 Å². The second-order valence-electron chi connectivity index (χ2n) is 21.7. The van der Waals surface area contributed by atoms with Gasteiger partial charge in [-0.2, -0.15) is 0 Å². The first-order chi connectivity index (χ1) is 44.4. The molecule has 0 bridgehead atoms. The van der Waals surface area contributed by atoms with Gasteiger partial charge in [-0.05, 0) is 59.7 Å². The summed E-state index contributed by atoms with van der Waals surface area (Å²) in [6.07, 6.45) is -45.6. The fourth-order valence-corrected chi connectivity index (χ4v) is 10.6. The molecule has 3 aromatic carbocycles. The molecule has 0 spiro atoms. The smallest absolute Gasteiger partial charge is 0.338 e. The van der Waals surface area contributed by atoms with Crippen LogP contribution in [0.15, 0.2) is 78.9 Å². The summed E-state index contributed by atoms with van der Waals surface area (Å²) in [4.78, 5) is 54.5. The van der Waals surface area contributed by atoms with Gasteiger partial charge in [0.25, 0.3) is 0 Å². The summed E-state index contributed by atoms with van der Waals surface area (Å²) >= 11 is 0. The molecule has 0 amide bonds. The lowest BCUT2D eigenvalue weighted by Crippen LogP contribution is -2.69. The van der Waals surface area contributed by atoms with Crippen LogP contribution in [0.2, 0.25) is 0 Å². The Morgan fingerprint density at radius 1 is 0.495 bits per heavy atom. The third-order valence-electron chi connectivity index (χ3n) is 15.5. The molecule has 5 heterocycles. The van der Waals surface area contributed by atoms with E-state index in [-0.39, 0.29) is 39.7 Å². The van der Waals surface area contributed by atoms with Crippen LogP contribution in [0.1, 0.15) is 28.4 Å². The Labute approximate surface area is 527 Å². The number of carbonyl (C=O) groups excluding carboxylic acids is 4. The van der Waals surface area contributed by atoms with Crippen molar-refractivity contribution in [2.24, 2.45) is 0 Å². The van der Waals surface area contributed by atoms with Crippen LogP contribution in [-0.4, -0.2) is 301 Å². The van der Waals surface area contributed by atoms with Crippen molar-refractivity contribution in [3.05, 3.63) is 95.6 Å². The molecule has 24 atom stereocenters. The maximum absolute atomic E-state index is 14.3. The zero-order valence-electron chi connectivity index (χ0n) is 49.6. The van der Waals surface area contributed by atoms with E-state index in [1.807, 2.05) is 0 Å². The minimum atomic E-state index is -3.00. The van der Waals surface area contributed by atoms with Gasteiger partial charge >= 0.3 is 23.9 Å². The number of hydrogen-bond donors (Lipinski definition) is 15. The van der Waals surface area contributed by atoms with Crippen molar-refractivity contribution in [2.75, 3.05) is 53.9 Å². The molecule has 15 N–H and O–H groups in total. The molecule has 5 saturated heterocycles. The van der Waals surface area contributed by atoms with Crippen molar-refractivity contribution < 1.29 is 167 Å². The van der Waals surface area contributed by atoms with Crippen LogP contribution in [0.5, 0.6) is 23.0 Å². The van der Waals surface area contributed by atoms with Crippen LogP contribution in [0, 0.1) is 0 Å². The molecule has 8 rings (SSSR count). The van der Waals surface area contributed by atoms with E-state index in [0.29, 0.717) is 0 Å². The molecule has 0 saturated carbocycles. The lowest BCUT2D eigenvalue weighted by molar-refractivity contribution is -0.423. The van der Waals surface area contributed by atoms with Crippen molar-refractivity contribution in [1.82, 2.24) is 0 Å². The predicted octanol–water partition coefficient (Wildman–Crippen LogP) is -5.53. The first kappa shape index (κ1) is 72.2. The molecule has 3 aromatic rings. The standard InChI is InChI=1S/C59H74O34/c1-25(64)81-23-37-42(71)50(88-55-46(75)44(73)40(69)33(19-60)83-55)48(77)57(86-37)89-51-49(87-39(68)16-12-27-10-14-30(66)32(18-27)80-3)36(22-63)85-58(52(51)90-56-47(76)45(74)41(70)34(20-61)84-56)93-59(24-82-38(67)15-11-26-9-13-29(65)31(17-26)79-2)53(43(72)35(21-62)92-59)91-54(78)28-7-5-4-6-8-28/h4-18,33-37,40-53,55-58,60-63,65-66,69-77H,19-24H2,1-3H3. The highest BCUT2D eigenvalue weighted by Gasteiger charge is 2.64. The fourth-order valence-electron chi connectivity index (χ4n) is 10.6. The number of aliphatic hydroxyl groups is 13. The lowest BCUT2D eigenvalue weighted by atomic mass is 9.95. The zero-order valence-corrected chi connectivity index (χ0v) is 49.6. The first-order valence-corrected chi connectivity index (χ1v) is 28.8. The first-order valence-electron chi connectivity index (χ1n) is 28.8. The number of hydrogen-bond acceptors (Lipinski definition) is 34. The van der Waals surface area contributed by atoms with Crippen LogP contribution in [0.25, 0.3) is 12.2 Å². The molecule has 5 aliphatic rings. The highest BCUT2D eigenvalue weighted by molar-refractivity contribution is 5.90. The van der Waals surface area contributed by atoms with Crippen LogP contribution < -0.4 is 9.47 Å². The van der Waals surface area contributed by atoms with Gasteiger partial charge in [-0.25, -0.2) is 14.4 Å². The fraction of sp³-hybridized carbons (Fsp3) is 0.559. The van der Waals surface area contributed by atoms with E-state index in [1.54, 1.807) is 6.07 Å². The normalized spacial score (nSPS) is 36.3. The molecule has 5 fully saturated rings. The summed E-state index contributed by atoms with van der Waals surface area (Å²) in [5.41, 5.74) is 0.343. The van der Waals surface area contributed by atoms with E-state index in [2.05, 4.69) is 0 Å². The van der Waals surface area contributed by atoms with Crippen molar-refractivity contribution in [3.63, 3.8) is 0 Å². The zero-order chi connectivity index (χ0) is 67.6. The van der Waals surface area contributed by atoms with Gasteiger partial charge in [0.05, 0.1) is 46.2 Å². The minimum Gasteiger partial charge on any atom is -0.504 e. The topological polar surface area (TPSA) is 510 Å². The van der Waals surface area contributed by atoms with Gasteiger partial charge in [0, 0.05) is 19.1 Å². The summed E-state index contributed by atoms with van der Waals surface area (Å²) in [6, 6.07) is 14.9. The molecule has 93 heavy (non-hydrogen) atoms.